The number of carbonyl (C=O) groups excluding carboxylic acids is 1. The van der Waals surface area contributed by atoms with E-state index in [2.05, 4.69) is 10.2 Å². The number of likely N-dealkylation sites (tertiary alicyclic amines) is 1. The van der Waals surface area contributed by atoms with Gasteiger partial charge < -0.3 is 10.4 Å². The second kappa shape index (κ2) is 7.11. The van der Waals surface area contributed by atoms with Crippen molar-refractivity contribution in [1.82, 2.24) is 4.90 Å². The predicted molar refractivity (Wildman–Crippen MR) is 93.4 cm³/mol. The Morgan fingerprint density at radius 1 is 1.30 bits per heavy atom. The highest BCUT2D eigenvalue weighted by atomic mass is 16.3. The van der Waals surface area contributed by atoms with Gasteiger partial charge in [0.05, 0.1) is 6.04 Å². The fraction of sp³-hybridized carbons (Fsp3) is 0.421. The van der Waals surface area contributed by atoms with Gasteiger partial charge in [-0.3, -0.25) is 9.69 Å². The summed E-state index contributed by atoms with van der Waals surface area (Å²) < 4.78 is 0. The monoisotopic (exact) mass is 312 g/mol. The Balaban J connectivity index is 1.73. The zero-order valence-corrected chi connectivity index (χ0v) is 13.5. The number of aliphatic hydroxyl groups is 1. The summed E-state index contributed by atoms with van der Waals surface area (Å²) >= 11 is 0. The molecule has 1 aliphatic rings. The topological polar surface area (TPSA) is 52.6 Å². The lowest BCUT2D eigenvalue weighted by atomic mass is 9.97. The maximum absolute atomic E-state index is 12.6. The van der Waals surface area contributed by atoms with Crippen LogP contribution in [0.3, 0.4) is 0 Å². The van der Waals surface area contributed by atoms with E-state index >= 15 is 0 Å². The van der Waals surface area contributed by atoms with Crippen LogP contribution < -0.4 is 5.32 Å². The number of amides is 1. The van der Waals surface area contributed by atoms with Crippen LogP contribution in [0.2, 0.25) is 0 Å². The van der Waals surface area contributed by atoms with Gasteiger partial charge in [-0.1, -0.05) is 36.4 Å². The number of carbonyl (C=O) groups is 1. The van der Waals surface area contributed by atoms with Crippen molar-refractivity contribution < 1.29 is 9.90 Å². The molecule has 3 rings (SSSR count). The highest BCUT2D eigenvalue weighted by Crippen LogP contribution is 2.24. The molecule has 1 heterocycles. The third kappa shape index (κ3) is 3.54. The molecule has 1 fully saturated rings. The molecule has 0 bridgehead atoms. The van der Waals surface area contributed by atoms with E-state index < -0.39 is 0 Å². The summed E-state index contributed by atoms with van der Waals surface area (Å²) in [6, 6.07) is 13.8. The minimum Gasteiger partial charge on any atom is -0.396 e. The molecular formula is C19H24N2O2. The quantitative estimate of drug-likeness (QED) is 0.913. The van der Waals surface area contributed by atoms with Crippen molar-refractivity contribution in [2.45, 2.75) is 25.8 Å². The highest BCUT2D eigenvalue weighted by molar-refractivity contribution is 6.03. The van der Waals surface area contributed by atoms with Gasteiger partial charge in [0.2, 0.25) is 5.91 Å². The molecule has 0 saturated carbocycles. The first-order valence-corrected chi connectivity index (χ1v) is 8.32. The van der Waals surface area contributed by atoms with Gasteiger partial charge in [0.15, 0.2) is 0 Å². The molecule has 122 valence electrons. The summed E-state index contributed by atoms with van der Waals surface area (Å²) in [5, 5.41) is 14.6. The molecular weight excluding hydrogens is 288 g/mol. The molecule has 1 amide bonds. The van der Waals surface area contributed by atoms with Gasteiger partial charge in [0, 0.05) is 24.2 Å². The number of hydrogen-bond donors (Lipinski definition) is 2. The molecule has 2 aromatic rings. The van der Waals surface area contributed by atoms with E-state index in [0.717, 1.165) is 42.4 Å². The molecule has 2 unspecified atom stereocenters. The fourth-order valence-electron chi connectivity index (χ4n) is 3.34. The Bertz CT molecular complexity index is 681. The lowest BCUT2D eigenvalue weighted by Gasteiger charge is -2.35. The zero-order valence-electron chi connectivity index (χ0n) is 13.5. The number of anilines is 1. The van der Waals surface area contributed by atoms with Crippen LogP contribution in [-0.4, -0.2) is 41.7 Å². The normalized spacial score (nSPS) is 20.3. The first-order chi connectivity index (χ1) is 11.2. The van der Waals surface area contributed by atoms with Gasteiger partial charge in [-0.05, 0) is 43.7 Å². The third-order valence-corrected chi connectivity index (χ3v) is 4.78. The predicted octanol–water partition coefficient (Wildman–Crippen LogP) is 2.87. The molecule has 0 aliphatic carbocycles. The maximum Gasteiger partial charge on any atom is 0.241 e. The van der Waals surface area contributed by atoms with Crippen LogP contribution in [0.5, 0.6) is 0 Å². The van der Waals surface area contributed by atoms with E-state index in [1.165, 1.54) is 0 Å². The lowest BCUT2D eigenvalue weighted by molar-refractivity contribution is -0.121. The summed E-state index contributed by atoms with van der Waals surface area (Å²) in [4.78, 5) is 14.8. The minimum absolute atomic E-state index is 0.0138. The Kier molecular flexibility index (Phi) is 4.94. The van der Waals surface area contributed by atoms with Crippen LogP contribution in [0.1, 0.15) is 19.8 Å². The first kappa shape index (κ1) is 16.0. The second-order valence-electron chi connectivity index (χ2n) is 6.38. The number of nitrogens with one attached hydrogen (secondary N) is 1. The van der Waals surface area contributed by atoms with Gasteiger partial charge in [0.1, 0.15) is 0 Å². The minimum atomic E-state index is -0.191. The smallest absolute Gasteiger partial charge is 0.241 e. The summed E-state index contributed by atoms with van der Waals surface area (Å²) in [7, 11) is 0. The zero-order chi connectivity index (χ0) is 16.2. The SMILES string of the molecule is CC(C(=O)Nc1cccc2ccccc12)N1CCCC(CO)C1. The average molecular weight is 312 g/mol. The number of nitrogens with zero attached hydrogens (tertiary/aromatic N) is 1. The Morgan fingerprint density at radius 3 is 2.91 bits per heavy atom. The molecule has 4 nitrogen and oxygen atoms in total. The number of hydrogen-bond acceptors (Lipinski definition) is 3. The van der Waals surface area contributed by atoms with E-state index in [0.29, 0.717) is 0 Å². The van der Waals surface area contributed by atoms with Crippen molar-refractivity contribution in [2.75, 3.05) is 25.0 Å². The molecule has 23 heavy (non-hydrogen) atoms. The van der Waals surface area contributed by atoms with E-state index in [4.69, 9.17) is 0 Å². The van der Waals surface area contributed by atoms with Gasteiger partial charge >= 0.3 is 0 Å². The molecule has 1 saturated heterocycles. The third-order valence-electron chi connectivity index (χ3n) is 4.78. The van der Waals surface area contributed by atoms with Crippen LogP contribution in [0.25, 0.3) is 10.8 Å². The van der Waals surface area contributed by atoms with Crippen LogP contribution >= 0.6 is 0 Å². The number of fused-ring (bicyclic) bond motifs is 1. The number of benzene rings is 2. The molecule has 0 radical (unpaired) electrons. The van der Waals surface area contributed by atoms with Crippen molar-refractivity contribution in [2.24, 2.45) is 5.92 Å². The number of aliphatic hydroxyl groups excluding tert-OH is 1. The van der Waals surface area contributed by atoms with Gasteiger partial charge in [-0.25, -0.2) is 0 Å². The van der Waals surface area contributed by atoms with Crippen LogP contribution in [-0.2, 0) is 4.79 Å². The maximum atomic E-state index is 12.6. The van der Waals surface area contributed by atoms with Gasteiger partial charge in [0.25, 0.3) is 0 Å². The van der Waals surface area contributed by atoms with Crippen LogP contribution in [0, 0.1) is 5.92 Å². The number of rotatable bonds is 4. The fourth-order valence-corrected chi connectivity index (χ4v) is 3.34. The summed E-state index contributed by atoms with van der Waals surface area (Å²) in [5.74, 6) is 0.302. The van der Waals surface area contributed by atoms with Crippen molar-refractivity contribution >= 4 is 22.4 Å². The molecule has 2 N–H and O–H groups in total. The lowest BCUT2D eigenvalue weighted by Crippen LogP contribution is -2.47. The molecule has 2 atom stereocenters. The Morgan fingerprint density at radius 2 is 2.09 bits per heavy atom. The van der Waals surface area contributed by atoms with Gasteiger partial charge in [-0.2, -0.15) is 0 Å². The molecule has 2 aromatic carbocycles. The highest BCUT2D eigenvalue weighted by Gasteiger charge is 2.27. The standard InChI is InChI=1S/C19H24N2O2/c1-14(21-11-5-6-15(12-21)13-22)19(23)20-18-10-4-8-16-7-2-3-9-17(16)18/h2-4,7-10,14-15,22H,5-6,11-13H2,1H3,(H,20,23). The molecule has 1 aliphatic heterocycles. The number of piperidine rings is 1. The van der Waals surface area contributed by atoms with E-state index in [-0.39, 0.29) is 24.5 Å². The van der Waals surface area contributed by atoms with Crippen molar-refractivity contribution in [3.8, 4) is 0 Å². The van der Waals surface area contributed by atoms with Crippen molar-refractivity contribution in [1.29, 1.82) is 0 Å². The van der Waals surface area contributed by atoms with Crippen molar-refractivity contribution in [3.05, 3.63) is 42.5 Å². The largest absolute Gasteiger partial charge is 0.396 e. The second-order valence-corrected chi connectivity index (χ2v) is 6.38. The van der Waals surface area contributed by atoms with Crippen molar-refractivity contribution in [3.63, 3.8) is 0 Å². The van der Waals surface area contributed by atoms with E-state index in [1.807, 2.05) is 49.4 Å². The summed E-state index contributed by atoms with van der Waals surface area (Å²) in [6.45, 7) is 3.86. The molecule has 0 spiro atoms. The first-order valence-electron chi connectivity index (χ1n) is 8.32. The van der Waals surface area contributed by atoms with Crippen LogP contribution in [0.4, 0.5) is 5.69 Å². The Hall–Kier alpha value is -1.91. The molecule has 0 aromatic heterocycles. The van der Waals surface area contributed by atoms with Gasteiger partial charge in [-0.15, -0.1) is 0 Å². The Labute approximate surface area is 137 Å². The summed E-state index contributed by atoms with van der Waals surface area (Å²) in [6.07, 6.45) is 2.09. The average Bonchev–Trinajstić information content (AvgIpc) is 2.61. The molecule has 4 heteroatoms. The van der Waals surface area contributed by atoms with E-state index in [9.17, 15) is 9.90 Å². The summed E-state index contributed by atoms with van der Waals surface area (Å²) in [5.41, 5.74) is 0.857. The van der Waals surface area contributed by atoms with E-state index in [1.54, 1.807) is 0 Å². The van der Waals surface area contributed by atoms with Crippen LogP contribution in [0.15, 0.2) is 42.5 Å².